The summed E-state index contributed by atoms with van der Waals surface area (Å²) in [5.74, 6) is -0.217. The maximum atomic E-state index is 12.0. The van der Waals surface area contributed by atoms with Gasteiger partial charge in [0, 0.05) is 17.2 Å². The Labute approximate surface area is 95.7 Å². The first-order valence-electron chi connectivity index (χ1n) is 5.82. The van der Waals surface area contributed by atoms with E-state index in [1.165, 1.54) is 4.90 Å². The number of carbonyl (C=O) groups excluding carboxylic acids is 2. The minimum atomic E-state index is -0.108. The second kappa shape index (κ2) is 4.01. The van der Waals surface area contributed by atoms with Gasteiger partial charge in [-0.25, -0.2) is 0 Å². The average molecular weight is 222 g/mol. The van der Waals surface area contributed by atoms with Crippen LogP contribution in [-0.2, 0) is 9.59 Å². The highest BCUT2D eigenvalue weighted by molar-refractivity contribution is 6.19. The maximum absolute atomic E-state index is 12.0. The van der Waals surface area contributed by atoms with Gasteiger partial charge in [0.25, 0.3) is 11.8 Å². The molecule has 4 nitrogen and oxygen atoms in total. The molecule has 1 N–H and O–H groups in total. The lowest BCUT2D eigenvalue weighted by Crippen LogP contribution is -2.54. The predicted octanol–water partition coefficient (Wildman–Crippen LogP) is 0.832. The van der Waals surface area contributed by atoms with E-state index in [0.717, 1.165) is 19.4 Å². The lowest BCUT2D eigenvalue weighted by atomic mass is 9.98. The van der Waals surface area contributed by atoms with Gasteiger partial charge in [0.1, 0.15) is 0 Å². The molecule has 1 fully saturated rings. The van der Waals surface area contributed by atoms with Crippen molar-refractivity contribution in [3.05, 3.63) is 11.1 Å². The second-order valence-corrected chi connectivity index (χ2v) is 4.68. The normalized spacial score (nSPS) is 31.6. The highest BCUT2D eigenvalue weighted by Crippen LogP contribution is 2.26. The number of rotatable bonds is 1. The lowest BCUT2D eigenvalue weighted by Gasteiger charge is -2.35. The van der Waals surface area contributed by atoms with Gasteiger partial charge < -0.3 is 5.32 Å². The van der Waals surface area contributed by atoms with E-state index in [9.17, 15) is 9.59 Å². The van der Waals surface area contributed by atoms with Crippen LogP contribution in [0, 0.1) is 0 Å². The summed E-state index contributed by atoms with van der Waals surface area (Å²) in [7, 11) is 0. The number of nitrogens with zero attached hydrogens (tertiary/aromatic N) is 1. The van der Waals surface area contributed by atoms with E-state index in [-0.39, 0.29) is 23.9 Å². The molecular weight excluding hydrogens is 204 g/mol. The Hall–Kier alpha value is -1.16. The van der Waals surface area contributed by atoms with Gasteiger partial charge >= 0.3 is 0 Å². The van der Waals surface area contributed by atoms with Crippen LogP contribution in [0.15, 0.2) is 11.1 Å². The molecule has 0 spiro atoms. The average Bonchev–Trinajstić information content (AvgIpc) is 2.45. The van der Waals surface area contributed by atoms with Crippen LogP contribution >= 0.6 is 0 Å². The SMILES string of the molecule is CC1=C(C)C(=O)N(C2CCCNC2C)C1=O. The van der Waals surface area contributed by atoms with E-state index >= 15 is 0 Å². The third-order valence-electron chi connectivity index (χ3n) is 3.69. The number of hydrogen-bond donors (Lipinski definition) is 1. The molecule has 0 bridgehead atoms. The topological polar surface area (TPSA) is 49.4 Å². The molecule has 1 saturated heterocycles. The van der Waals surface area contributed by atoms with Gasteiger partial charge in [-0.1, -0.05) is 0 Å². The Morgan fingerprint density at radius 3 is 2.25 bits per heavy atom. The van der Waals surface area contributed by atoms with Gasteiger partial charge in [0.15, 0.2) is 0 Å². The number of hydrogen-bond acceptors (Lipinski definition) is 3. The second-order valence-electron chi connectivity index (χ2n) is 4.68. The Balaban J connectivity index is 2.23. The van der Waals surface area contributed by atoms with E-state index in [4.69, 9.17) is 0 Å². The number of carbonyl (C=O) groups is 2. The molecule has 16 heavy (non-hydrogen) atoms. The summed E-state index contributed by atoms with van der Waals surface area (Å²) in [4.78, 5) is 25.4. The zero-order chi connectivity index (χ0) is 11.9. The zero-order valence-corrected chi connectivity index (χ0v) is 10.0. The van der Waals surface area contributed by atoms with Crippen molar-refractivity contribution in [2.45, 2.75) is 45.7 Å². The molecule has 4 heteroatoms. The highest BCUT2D eigenvalue weighted by atomic mass is 16.2. The summed E-state index contributed by atoms with van der Waals surface area (Å²) >= 11 is 0. The Kier molecular flexibility index (Phi) is 2.84. The van der Waals surface area contributed by atoms with E-state index < -0.39 is 0 Å². The molecule has 2 rings (SSSR count). The monoisotopic (exact) mass is 222 g/mol. The molecule has 0 aromatic rings. The van der Waals surface area contributed by atoms with Crippen LogP contribution < -0.4 is 5.32 Å². The summed E-state index contributed by atoms with van der Waals surface area (Å²) in [5.41, 5.74) is 1.20. The van der Waals surface area contributed by atoms with Crippen molar-refractivity contribution in [2.75, 3.05) is 6.54 Å². The zero-order valence-electron chi connectivity index (χ0n) is 10.0. The quantitative estimate of drug-likeness (QED) is 0.669. The van der Waals surface area contributed by atoms with Crippen LogP contribution in [0.2, 0.25) is 0 Å². The predicted molar refractivity (Wildman–Crippen MR) is 60.7 cm³/mol. The molecular formula is C12H18N2O2. The van der Waals surface area contributed by atoms with Gasteiger partial charge in [-0.3, -0.25) is 14.5 Å². The van der Waals surface area contributed by atoms with Gasteiger partial charge in [-0.15, -0.1) is 0 Å². The highest BCUT2D eigenvalue weighted by Gasteiger charge is 2.40. The fraction of sp³-hybridized carbons (Fsp3) is 0.667. The van der Waals surface area contributed by atoms with Crippen LogP contribution in [0.25, 0.3) is 0 Å². The number of nitrogens with one attached hydrogen (secondary N) is 1. The van der Waals surface area contributed by atoms with Crippen molar-refractivity contribution in [3.8, 4) is 0 Å². The van der Waals surface area contributed by atoms with E-state index in [1.807, 2.05) is 6.92 Å². The molecule has 0 saturated carbocycles. The van der Waals surface area contributed by atoms with Gasteiger partial charge in [0.2, 0.25) is 0 Å². The summed E-state index contributed by atoms with van der Waals surface area (Å²) < 4.78 is 0. The summed E-state index contributed by atoms with van der Waals surface area (Å²) in [5, 5.41) is 3.32. The van der Waals surface area contributed by atoms with Gasteiger partial charge in [0.05, 0.1) is 6.04 Å². The summed E-state index contributed by atoms with van der Waals surface area (Å²) in [6.45, 7) is 6.47. The van der Waals surface area contributed by atoms with Crippen molar-refractivity contribution >= 4 is 11.8 Å². The molecule has 0 aromatic heterocycles. The Morgan fingerprint density at radius 2 is 1.75 bits per heavy atom. The van der Waals surface area contributed by atoms with Crippen molar-refractivity contribution in [2.24, 2.45) is 0 Å². The molecule has 0 radical (unpaired) electrons. The van der Waals surface area contributed by atoms with Crippen LogP contribution in [0.1, 0.15) is 33.6 Å². The molecule has 2 unspecified atom stereocenters. The first-order chi connectivity index (χ1) is 7.54. The third-order valence-corrected chi connectivity index (χ3v) is 3.69. The van der Waals surface area contributed by atoms with E-state index in [0.29, 0.717) is 11.1 Å². The van der Waals surface area contributed by atoms with E-state index in [1.54, 1.807) is 13.8 Å². The van der Waals surface area contributed by atoms with Crippen LogP contribution in [-0.4, -0.2) is 35.3 Å². The minimum Gasteiger partial charge on any atom is -0.312 e. The summed E-state index contributed by atoms with van der Waals surface area (Å²) in [6.07, 6.45) is 1.93. The first-order valence-corrected chi connectivity index (χ1v) is 5.82. The maximum Gasteiger partial charge on any atom is 0.257 e. The van der Waals surface area contributed by atoms with Crippen molar-refractivity contribution < 1.29 is 9.59 Å². The van der Waals surface area contributed by atoms with Gasteiger partial charge in [-0.05, 0) is 40.2 Å². The fourth-order valence-corrected chi connectivity index (χ4v) is 2.46. The minimum absolute atomic E-state index is 0.0150. The first kappa shape index (κ1) is 11.3. The number of piperidine rings is 1. The van der Waals surface area contributed by atoms with Crippen molar-refractivity contribution in [1.29, 1.82) is 0 Å². The molecule has 2 atom stereocenters. The third kappa shape index (κ3) is 1.57. The fourth-order valence-electron chi connectivity index (χ4n) is 2.46. The standard InChI is InChI=1S/C12H18N2O2/c1-7-8(2)12(16)14(11(7)15)10-5-4-6-13-9(10)3/h9-10,13H,4-6H2,1-3H3. The summed E-state index contributed by atoms with van der Waals surface area (Å²) in [6, 6.07) is 0.210. The lowest BCUT2D eigenvalue weighted by molar-refractivity contribution is -0.141. The van der Waals surface area contributed by atoms with Crippen LogP contribution in [0.5, 0.6) is 0 Å². The van der Waals surface area contributed by atoms with Crippen molar-refractivity contribution in [1.82, 2.24) is 10.2 Å². The number of amides is 2. The van der Waals surface area contributed by atoms with Crippen molar-refractivity contribution in [3.63, 3.8) is 0 Å². The smallest absolute Gasteiger partial charge is 0.257 e. The molecule has 0 aliphatic carbocycles. The van der Waals surface area contributed by atoms with Crippen LogP contribution in [0.4, 0.5) is 0 Å². The molecule has 2 aliphatic rings. The Bertz CT molecular complexity index is 349. The molecule has 2 aliphatic heterocycles. The molecule has 2 amide bonds. The van der Waals surface area contributed by atoms with E-state index in [2.05, 4.69) is 5.32 Å². The van der Waals surface area contributed by atoms with Crippen LogP contribution in [0.3, 0.4) is 0 Å². The number of imide groups is 1. The molecule has 0 aromatic carbocycles. The Morgan fingerprint density at radius 1 is 1.19 bits per heavy atom. The molecule has 88 valence electrons. The molecule has 2 heterocycles. The largest absolute Gasteiger partial charge is 0.312 e. The van der Waals surface area contributed by atoms with Gasteiger partial charge in [-0.2, -0.15) is 0 Å².